The fourth-order valence-electron chi connectivity index (χ4n) is 3.27. The molecule has 1 aliphatic rings. The fourth-order valence-corrected chi connectivity index (χ4v) is 3.27. The minimum absolute atomic E-state index is 0.150. The van der Waals surface area contributed by atoms with Gasteiger partial charge in [0.25, 0.3) is 5.91 Å². The molecule has 0 fully saturated rings. The summed E-state index contributed by atoms with van der Waals surface area (Å²) in [5, 5.41) is 3.78. The van der Waals surface area contributed by atoms with Crippen molar-refractivity contribution < 1.29 is 9.53 Å². The number of nitrogens with one attached hydrogen (secondary N) is 1. The van der Waals surface area contributed by atoms with E-state index in [1.165, 1.54) is 12.8 Å². The van der Waals surface area contributed by atoms with E-state index in [4.69, 9.17) is 4.74 Å². The first-order chi connectivity index (χ1) is 12.2. The minimum atomic E-state index is -0.150. The van der Waals surface area contributed by atoms with E-state index in [1.807, 2.05) is 30.5 Å². The number of fused-ring (bicyclic) bond motifs is 2. The first-order valence-corrected chi connectivity index (χ1v) is 8.51. The first kappa shape index (κ1) is 15.6. The number of hydrogen-bond donors (Lipinski definition) is 1. The zero-order valence-corrected chi connectivity index (χ0v) is 14.2. The van der Waals surface area contributed by atoms with Crippen molar-refractivity contribution in [1.29, 1.82) is 0 Å². The average Bonchev–Trinajstić information content (AvgIpc) is 3.08. The van der Waals surface area contributed by atoms with Gasteiger partial charge in [0.1, 0.15) is 5.82 Å². The second-order valence-electron chi connectivity index (χ2n) is 6.21. The van der Waals surface area contributed by atoms with Gasteiger partial charge in [-0.3, -0.25) is 4.79 Å². The van der Waals surface area contributed by atoms with Crippen molar-refractivity contribution in [2.45, 2.75) is 32.4 Å². The van der Waals surface area contributed by atoms with Crippen LogP contribution in [0, 0.1) is 0 Å². The Labute approximate surface area is 145 Å². The lowest BCUT2D eigenvalue weighted by Gasteiger charge is -2.11. The molecule has 3 aromatic rings. The standard InChI is InChI=1S/C19H20N4O2/c1-25-18-10-15(14-6-2-3-7-16(14)22-18)19(24)20-11-13-12-23-9-5-4-8-17(23)21-13/h2-3,6-7,10,12H,4-5,8-9,11H2,1H3,(H,20,24). The number of imidazole rings is 1. The first-order valence-electron chi connectivity index (χ1n) is 8.51. The van der Waals surface area contributed by atoms with Gasteiger partial charge in [0.15, 0.2) is 0 Å². The molecule has 0 radical (unpaired) electrons. The molecular formula is C19H20N4O2. The predicted molar refractivity (Wildman–Crippen MR) is 94.6 cm³/mol. The summed E-state index contributed by atoms with van der Waals surface area (Å²) in [6, 6.07) is 9.24. The zero-order valence-electron chi connectivity index (χ0n) is 14.2. The van der Waals surface area contributed by atoms with Gasteiger partial charge in [0.05, 0.1) is 30.4 Å². The third kappa shape index (κ3) is 3.07. The molecule has 25 heavy (non-hydrogen) atoms. The number of aromatic nitrogens is 3. The molecule has 1 amide bonds. The minimum Gasteiger partial charge on any atom is -0.481 e. The third-order valence-corrected chi connectivity index (χ3v) is 4.53. The van der Waals surface area contributed by atoms with Gasteiger partial charge in [-0.2, -0.15) is 0 Å². The number of pyridine rings is 1. The van der Waals surface area contributed by atoms with E-state index in [-0.39, 0.29) is 5.91 Å². The molecule has 0 saturated carbocycles. The van der Waals surface area contributed by atoms with Gasteiger partial charge in [0, 0.05) is 30.6 Å². The van der Waals surface area contributed by atoms with Gasteiger partial charge in [-0.25, -0.2) is 9.97 Å². The summed E-state index contributed by atoms with van der Waals surface area (Å²) in [5.74, 6) is 1.40. The average molecular weight is 336 g/mol. The number of benzene rings is 1. The van der Waals surface area contributed by atoms with Crippen LogP contribution in [0.2, 0.25) is 0 Å². The van der Waals surface area contributed by atoms with Crippen LogP contribution in [0.4, 0.5) is 0 Å². The van der Waals surface area contributed by atoms with Crippen molar-refractivity contribution in [2.75, 3.05) is 7.11 Å². The normalized spacial score (nSPS) is 13.5. The fraction of sp³-hybridized carbons (Fsp3) is 0.316. The number of carbonyl (C=O) groups is 1. The summed E-state index contributed by atoms with van der Waals surface area (Å²) in [7, 11) is 1.55. The number of methoxy groups -OCH3 is 1. The highest BCUT2D eigenvalue weighted by Gasteiger charge is 2.15. The number of aryl methyl sites for hydroxylation is 2. The largest absolute Gasteiger partial charge is 0.481 e. The Morgan fingerprint density at radius 1 is 1.28 bits per heavy atom. The Balaban J connectivity index is 1.56. The molecule has 1 N–H and O–H groups in total. The van der Waals surface area contributed by atoms with Crippen LogP contribution < -0.4 is 10.1 Å². The molecule has 6 heteroatoms. The van der Waals surface area contributed by atoms with E-state index in [0.717, 1.165) is 35.4 Å². The van der Waals surface area contributed by atoms with Crippen molar-refractivity contribution in [3.63, 3.8) is 0 Å². The second-order valence-corrected chi connectivity index (χ2v) is 6.21. The quantitative estimate of drug-likeness (QED) is 0.795. The van der Waals surface area contributed by atoms with E-state index < -0.39 is 0 Å². The van der Waals surface area contributed by atoms with Gasteiger partial charge >= 0.3 is 0 Å². The van der Waals surface area contributed by atoms with E-state index >= 15 is 0 Å². The number of carbonyl (C=O) groups excluding carboxylic acids is 1. The Kier molecular flexibility index (Phi) is 4.09. The molecule has 1 aliphatic heterocycles. The van der Waals surface area contributed by atoms with Crippen LogP contribution in [0.15, 0.2) is 36.5 Å². The SMILES string of the molecule is COc1cc(C(=O)NCc2cn3c(n2)CCCC3)c2ccccc2n1. The molecule has 128 valence electrons. The van der Waals surface area contributed by atoms with Crippen molar-refractivity contribution in [1.82, 2.24) is 19.9 Å². The molecule has 6 nitrogen and oxygen atoms in total. The molecule has 0 spiro atoms. The molecule has 0 atom stereocenters. The van der Waals surface area contributed by atoms with Crippen LogP contribution in [0.25, 0.3) is 10.9 Å². The van der Waals surface area contributed by atoms with Crippen molar-refractivity contribution in [2.24, 2.45) is 0 Å². The number of para-hydroxylation sites is 1. The van der Waals surface area contributed by atoms with Crippen LogP contribution in [0.5, 0.6) is 5.88 Å². The van der Waals surface area contributed by atoms with E-state index in [1.54, 1.807) is 13.2 Å². The summed E-state index contributed by atoms with van der Waals surface area (Å²) >= 11 is 0. The van der Waals surface area contributed by atoms with Crippen LogP contribution in [0.1, 0.15) is 34.7 Å². The Bertz CT molecular complexity index is 909. The lowest BCUT2D eigenvalue weighted by Crippen LogP contribution is -2.23. The number of rotatable bonds is 4. The van der Waals surface area contributed by atoms with Gasteiger partial charge in [0.2, 0.25) is 5.88 Å². The third-order valence-electron chi connectivity index (χ3n) is 4.53. The summed E-state index contributed by atoms with van der Waals surface area (Å²) in [6.07, 6.45) is 5.43. The summed E-state index contributed by atoms with van der Waals surface area (Å²) < 4.78 is 7.41. The van der Waals surface area contributed by atoms with Gasteiger partial charge in [-0.1, -0.05) is 18.2 Å². The monoisotopic (exact) mass is 336 g/mol. The molecule has 3 heterocycles. The number of nitrogens with zero attached hydrogens (tertiary/aromatic N) is 3. The van der Waals surface area contributed by atoms with E-state index in [0.29, 0.717) is 18.0 Å². The highest BCUT2D eigenvalue weighted by molar-refractivity contribution is 6.06. The summed E-state index contributed by atoms with van der Waals surface area (Å²) in [6.45, 7) is 1.43. The number of ether oxygens (including phenoxy) is 1. The van der Waals surface area contributed by atoms with Crippen molar-refractivity contribution in [3.8, 4) is 5.88 Å². The predicted octanol–water partition coefficient (Wildman–Crippen LogP) is 2.71. The molecule has 0 unspecified atom stereocenters. The topological polar surface area (TPSA) is 69.0 Å². The zero-order chi connectivity index (χ0) is 17.2. The van der Waals surface area contributed by atoms with Crippen LogP contribution in [0.3, 0.4) is 0 Å². The second kappa shape index (κ2) is 6.55. The van der Waals surface area contributed by atoms with Gasteiger partial charge in [-0.05, 0) is 18.9 Å². The van der Waals surface area contributed by atoms with Crippen LogP contribution in [-0.4, -0.2) is 27.6 Å². The van der Waals surface area contributed by atoms with Crippen LogP contribution >= 0.6 is 0 Å². The van der Waals surface area contributed by atoms with Crippen LogP contribution in [-0.2, 0) is 19.5 Å². The molecule has 2 aromatic heterocycles. The molecule has 0 aliphatic carbocycles. The highest BCUT2D eigenvalue weighted by Crippen LogP contribution is 2.22. The molecular weight excluding hydrogens is 316 g/mol. The van der Waals surface area contributed by atoms with Gasteiger partial charge in [-0.15, -0.1) is 0 Å². The number of hydrogen-bond acceptors (Lipinski definition) is 4. The molecule has 0 bridgehead atoms. The van der Waals surface area contributed by atoms with Gasteiger partial charge < -0.3 is 14.6 Å². The summed E-state index contributed by atoms with van der Waals surface area (Å²) in [4.78, 5) is 21.7. The summed E-state index contributed by atoms with van der Waals surface area (Å²) in [5.41, 5.74) is 2.20. The Morgan fingerprint density at radius 2 is 2.16 bits per heavy atom. The molecule has 1 aromatic carbocycles. The maximum atomic E-state index is 12.7. The smallest absolute Gasteiger partial charge is 0.252 e. The lowest BCUT2D eigenvalue weighted by atomic mass is 10.1. The molecule has 4 rings (SSSR count). The van der Waals surface area contributed by atoms with E-state index in [2.05, 4.69) is 19.9 Å². The lowest BCUT2D eigenvalue weighted by molar-refractivity contribution is 0.0951. The van der Waals surface area contributed by atoms with Crippen molar-refractivity contribution >= 4 is 16.8 Å². The maximum absolute atomic E-state index is 12.7. The Morgan fingerprint density at radius 3 is 3.00 bits per heavy atom. The molecule has 0 saturated heterocycles. The van der Waals surface area contributed by atoms with Crippen molar-refractivity contribution in [3.05, 3.63) is 53.6 Å². The van der Waals surface area contributed by atoms with E-state index in [9.17, 15) is 4.79 Å². The highest BCUT2D eigenvalue weighted by atomic mass is 16.5. The Hall–Kier alpha value is -2.89. The maximum Gasteiger partial charge on any atom is 0.252 e. The number of amides is 1.